The number of nitrogens with one attached hydrogen (secondary N) is 1. The zero-order chi connectivity index (χ0) is 18.0. The molecule has 0 saturated carbocycles. The van der Waals surface area contributed by atoms with Crippen molar-refractivity contribution in [2.24, 2.45) is 7.05 Å². The number of aryl methyl sites for hydroxylation is 1. The Hall–Kier alpha value is -2.81. The van der Waals surface area contributed by atoms with Crippen LogP contribution in [0.2, 0.25) is 0 Å². The number of halogens is 1. The Kier molecular flexibility index (Phi) is 4.75. The topological polar surface area (TPSA) is 93.5 Å². The molecule has 3 rings (SSSR count). The monoisotopic (exact) mass is 348 g/mol. The summed E-state index contributed by atoms with van der Waals surface area (Å²) in [5, 5.41) is 6.41. The van der Waals surface area contributed by atoms with Crippen LogP contribution in [-0.2, 0) is 16.6 Å². The molecular weight excluding hydrogens is 331 g/mol. The van der Waals surface area contributed by atoms with Gasteiger partial charge in [-0.25, -0.2) is 4.39 Å². The minimum absolute atomic E-state index is 0.0576. The van der Waals surface area contributed by atoms with Gasteiger partial charge in [-0.2, -0.15) is 5.10 Å². The van der Waals surface area contributed by atoms with Gasteiger partial charge in [0.25, 0.3) is 5.91 Å². The number of carbonyl (C=O) groups is 2. The molecule has 0 aliphatic carbocycles. The molecule has 0 radical (unpaired) electrons. The average molecular weight is 348 g/mol. The van der Waals surface area contributed by atoms with Gasteiger partial charge in [0, 0.05) is 20.1 Å². The van der Waals surface area contributed by atoms with Crippen molar-refractivity contribution < 1.29 is 18.7 Å². The van der Waals surface area contributed by atoms with Crippen LogP contribution in [0.5, 0.6) is 0 Å². The fraction of sp³-hybridized carbons (Fsp3) is 0.375. The van der Waals surface area contributed by atoms with Crippen LogP contribution in [0.4, 0.5) is 4.39 Å². The van der Waals surface area contributed by atoms with Crippen LogP contribution in [0.25, 0.3) is 10.9 Å². The van der Waals surface area contributed by atoms with E-state index in [4.69, 9.17) is 4.74 Å². The molecule has 9 heteroatoms. The van der Waals surface area contributed by atoms with Crippen LogP contribution in [0.3, 0.4) is 0 Å². The lowest BCUT2D eigenvalue weighted by Gasteiger charge is -2.26. The number of hydrogen-bond donors (Lipinski definition) is 1. The van der Waals surface area contributed by atoms with Gasteiger partial charge in [-0.3, -0.25) is 19.1 Å². The van der Waals surface area contributed by atoms with Crippen molar-refractivity contribution in [2.75, 3.05) is 32.8 Å². The van der Waals surface area contributed by atoms with Crippen LogP contribution < -0.4 is 10.7 Å². The number of fused-ring (bicyclic) bond motifs is 1. The number of benzene rings is 1. The fourth-order valence-corrected chi connectivity index (χ4v) is 2.66. The third-order valence-corrected chi connectivity index (χ3v) is 4.00. The summed E-state index contributed by atoms with van der Waals surface area (Å²) in [4.78, 5) is 38.3. The summed E-state index contributed by atoms with van der Waals surface area (Å²) in [6.07, 6.45) is 0. The normalized spacial score (nSPS) is 14.6. The molecule has 8 nitrogen and oxygen atoms in total. The van der Waals surface area contributed by atoms with Crippen molar-refractivity contribution in [3.05, 3.63) is 39.9 Å². The molecule has 0 bridgehead atoms. The maximum absolute atomic E-state index is 13.4. The molecule has 2 heterocycles. The van der Waals surface area contributed by atoms with Gasteiger partial charge in [-0.05, 0) is 18.2 Å². The molecule has 1 fully saturated rings. The maximum atomic E-state index is 13.4. The molecule has 25 heavy (non-hydrogen) atoms. The Morgan fingerprint density at radius 3 is 2.76 bits per heavy atom. The predicted molar refractivity (Wildman–Crippen MR) is 86.7 cm³/mol. The largest absolute Gasteiger partial charge is 0.378 e. The first-order valence-corrected chi connectivity index (χ1v) is 7.77. The number of ether oxygens (including phenoxy) is 1. The predicted octanol–water partition coefficient (Wildman–Crippen LogP) is -0.339. The Balaban J connectivity index is 1.79. The van der Waals surface area contributed by atoms with E-state index >= 15 is 0 Å². The summed E-state index contributed by atoms with van der Waals surface area (Å²) < 4.78 is 19.9. The lowest BCUT2D eigenvalue weighted by atomic mass is 10.2. The molecule has 0 atom stereocenters. The number of hydrogen-bond acceptors (Lipinski definition) is 5. The Morgan fingerprint density at radius 2 is 2.04 bits per heavy atom. The minimum Gasteiger partial charge on any atom is -0.378 e. The van der Waals surface area contributed by atoms with Crippen molar-refractivity contribution in [1.29, 1.82) is 0 Å². The van der Waals surface area contributed by atoms with Crippen LogP contribution in [0.15, 0.2) is 23.0 Å². The molecule has 1 aromatic heterocycles. The minimum atomic E-state index is -0.770. The number of nitrogens with zero attached hydrogens (tertiary/aromatic N) is 3. The zero-order valence-corrected chi connectivity index (χ0v) is 13.6. The average Bonchev–Trinajstić information content (AvgIpc) is 2.63. The van der Waals surface area contributed by atoms with E-state index in [1.807, 2.05) is 0 Å². The number of aromatic nitrogens is 2. The highest BCUT2D eigenvalue weighted by Gasteiger charge is 2.20. The fourth-order valence-electron chi connectivity index (χ4n) is 2.66. The van der Waals surface area contributed by atoms with Gasteiger partial charge in [0.1, 0.15) is 5.82 Å². The van der Waals surface area contributed by atoms with Crippen LogP contribution in [0, 0.1) is 5.82 Å². The van der Waals surface area contributed by atoms with E-state index < -0.39 is 17.2 Å². The standard InChI is InChI=1S/C16H17FN4O4/c1-20-12-3-2-10(17)8-11(12)15(23)14(19-20)16(24)18-9-13(22)21-4-6-25-7-5-21/h2-3,8H,4-7,9H2,1H3,(H,18,24). The summed E-state index contributed by atoms with van der Waals surface area (Å²) in [5.41, 5.74) is -0.647. The van der Waals surface area contributed by atoms with Crippen molar-refractivity contribution >= 4 is 22.7 Å². The number of carbonyl (C=O) groups excluding carboxylic acids is 2. The van der Waals surface area contributed by atoms with E-state index in [2.05, 4.69) is 10.4 Å². The zero-order valence-electron chi connectivity index (χ0n) is 13.6. The first-order chi connectivity index (χ1) is 12.0. The van der Waals surface area contributed by atoms with E-state index in [9.17, 15) is 18.8 Å². The molecular formula is C16H17FN4O4. The van der Waals surface area contributed by atoms with Gasteiger partial charge >= 0.3 is 0 Å². The van der Waals surface area contributed by atoms with Crippen molar-refractivity contribution in [1.82, 2.24) is 20.0 Å². The first-order valence-electron chi connectivity index (χ1n) is 7.77. The second kappa shape index (κ2) is 6.98. The summed E-state index contributed by atoms with van der Waals surface area (Å²) in [5.74, 6) is -1.61. The van der Waals surface area contributed by atoms with E-state index in [0.717, 1.165) is 6.07 Å². The van der Waals surface area contributed by atoms with Gasteiger partial charge in [0.2, 0.25) is 11.3 Å². The highest BCUT2D eigenvalue weighted by molar-refractivity contribution is 5.97. The van der Waals surface area contributed by atoms with Gasteiger partial charge in [-0.1, -0.05) is 0 Å². The second-order valence-corrected chi connectivity index (χ2v) is 5.64. The summed E-state index contributed by atoms with van der Waals surface area (Å²) in [6.45, 7) is 1.59. The maximum Gasteiger partial charge on any atom is 0.276 e. The van der Waals surface area contributed by atoms with Gasteiger partial charge in [0.15, 0.2) is 5.69 Å². The van der Waals surface area contributed by atoms with Gasteiger partial charge in [-0.15, -0.1) is 0 Å². The van der Waals surface area contributed by atoms with Crippen molar-refractivity contribution in [3.63, 3.8) is 0 Å². The van der Waals surface area contributed by atoms with E-state index in [1.54, 1.807) is 11.9 Å². The smallest absolute Gasteiger partial charge is 0.276 e. The first kappa shape index (κ1) is 17.0. The molecule has 0 spiro atoms. The molecule has 1 aliphatic rings. The molecule has 1 aliphatic heterocycles. The third kappa shape index (κ3) is 3.50. The van der Waals surface area contributed by atoms with Crippen LogP contribution in [-0.4, -0.2) is 59.3 Å². The Labute approximate surface area is 142 Å². The molecule has 1 aromatic carbocycles. The van der Waals surface area contributed by atoms with Crippen LogP contribution in [0.1, 0.15) is 10.5 Å². The molecule has 0 unspecified atom stereocenters. The van der Waals surface area contributed by atoms with Crippen molar-refractivity contribution in [2.45, 2.75) is 0 Å². The van der Waals surface area contributed by atoms with Gasteiger partial charge < -0.3 is 15.0 Å². The molecule has 2 amide bonds. The Morgan fingerprint density at radius 1 is 1.32 bits per heavy atom. The highest BCUT2D eigenvalue weighted by Crippen LogP contribution is 2.11. The summed E-state index contributed by atoms with van der Waals surface area (Å²) >= 11 is 0. The lowest BCUT2D eigenvalue weighted by Crippen LogP contribution is -2.46. The number of rotatable bonds is 3. The van der Waals surface area contributed by atoms with E-state index in [-0.39, 0.29) is 23.5 Å². The quantitative estimate of drug-likeness (QED) is 0.819. The van der Waals surface area contributed by atoms with Gasteiger partial charge in [0.05, 0.1) is 30.7 Å². The molecule has 132 valence electrons. The lowest BCUT2D eigenvalue weighted by molar-refractivity contribution is -0.134. The summed E-state index contributed by atoms with van der Waals surface area (Å²) in [7, 11) is 1.55. The van der Waals surface area contributed by atoms with E-state index in [1.165, 1.54) is 16.8 Å². The number of amides is 2. The van der Waals surface area contributed by atoms with Crippen molar-refractivity contribution in [3.8, 4) is 0 Å². The Bertz CT molecular complexity index is 890. The van der Waals surface area contributed by atoms with E-state index in [0.29, 0.717) is 31.8 Å². The highest BCUT2D eigenvalue weighted by atomic mass is 19.1. The summed E-state index contributed by atoms with van der Waals surface area (Å²) in [6, 6.07) is 3.70. The third-order valence-electron chi connectivity index (χ3n) is 4.00. The molecule has 1 saturated heterocycles. The number of morpholine rings is 1. The molecule has 1 N–H and O–H groups in total. The van der Waals surface area contributed by atoms with Crippen LogP contribution >= 0.6 is 0 Å². The second-order valence-electron chi connectivity index (χ2n) is 5.64. The molecule has 2 aromatic rings. The SMILES string of the molecule is Cn1nc(C(=O)NCC(=O)N2CCOCC2)c(=O)c2cc(F)ccc21.